The highest BCUT2D eigenvalue weighted by Gasteiger charge is 2.34. The Morgan fingerprint density at radius 3 is 2.74 bits per heavy atom. The van der Waals surface area contributed by atoms with Crippen LogP contribution in [0.5, 0.6) is 0 Å². The Morgan fingerprint density at radius 2 is 2.07 bits per heavy atom. The van der Waals surface area contributed by atoms with E-state index in [0.717, 1.165) is 5.56 Å². The normalized spacial score (nSPS) is 19.9. The maximum absolute atomic E-state index is 12.5. The van der Waals surface area contributed by atoms with Crippen LogP contribution in [0, 0.1) is 5.92 Å². The lowest BCUT2D eigenvalue weighted by molar-refractivity contribution is -0.143. The predicted octanol–water partition coefficient (Wildman–Crippen LogP) is 2.64. The number of guanidine groups is 1. The van der Waals surface area contributed by atoms with E-state index in [1.165, 1.54) is 4.90 Å². The van der Waals surface area contributed by atoms with Crippen molar-refractivity contribution in [2.75, 3.05) is 39.8 Å². The van der Waals surface area contributed by atoms with Crippen LogP contribution in [-0.4, -0.2) is 62.9 Å². The van der Waals surface area contributed by atoms with E-state index < -0.39 is 12.7 Å². The number of halogens is 3. The predicted molar refractivity (Wildman–Crippen MR) is 101 cm³/mol. The van der Waals surface area contributed by atoms with Gasteiger partial charge in [0.15, 0.2) is 5.96 Å². The standard InChI is InChI=1S/C19H29F3N4O/c1-15(12-27-13-16-6-4-3-5-7-16)10-24-18(23-2)25-17-8-9-26(11-17)14-19(20,21)22/h3-7,15,17H,8-14H2,1-2H3,(H2,23,24,25). The lowest BCUT2D eigenvalue weighted by Gasteiger charge is -2.21. The first kappa shape index (κ1) is 21.5. The third-order valence-electron chi connectivity index (χ3n) is 4.37. The number of alkyl halides is 3. The quantitative estimate of drug-likeness (QED) is 0.533. The van der Waals surface area contributed by atoms with Crippen molar-refractivity contribution < 1.29 is 17.9 Å². The Balaban J connectivity index is 1.63. The summed E-state index contributed by atoms with van der Waals surface area (Å²) in [4.78, 5) is 5.59. The fourth-order valence-electron chi connectivity index (χ4n) is 3.02. The molecule has 1 fully saturated rings. The molecular weight excluding hydrogens is 357 g/mol. The summed E-state index contributed by atoms with van der Waals surface area (Å²) in [7, 11) is 1.66. The summed E-state index contributed by atoms with van der Waals surface area (Å²) in [6.07, 6.45) is -3.48. The summed E-state index contributed by atoms with van der Waals surface area (Å²) in [6.45, 7) is 3.90. The number of hydrogen-bond donors (Lipinski definition) is 2. The van der Waals surface area contributed by atoms with Crippen molar-refractivity contribution >= 4 is 5.96 Å². The van der Waals surface area contributed by atoms with E-state index in [-0.39, 0.29) is 12.0 Å². The molecule has 1 aromatic carbocycles. The summed E-state index contributed by atoms with van der Waals surface area (Å²) in [5, 5.41) is 6.43. The maximum Gasteiger partial charge on any atom is 0.401 e. The molecule has 0 saturated carbocycles. The summed E-state index contributed by atoms with van der Waals surface area (Å²) in [5.41, 5.74) is 1.14. The number of benzene rings is 1. The first-order valence-electron chi connectivity index (χ1n) is 9.23. The number of hydrogen-bond acceptors (Lipinski definition) is 3. The monoisotopic (exact) mass is 386 g/mol. The van der Waals surface area contributed by atoms with Crippen LogP contribution in [0.15, 0.2) is 35.3 Å². The number of aliphatic imine (C=N–C) groups is 1. The van der Waals surface area contributed by atoms with Gasteiger partial charge in [0, 0.05) is 32.7 Å². The lowest BCUT2D eigenvalue weighted by atomic mass is 10.2. The van der Waals surface area contributed by atoms with E-state index in [2.05, 4.69) is 22.5 Å². The molecule has 1 aliphatic heterocycles. The highest BCUT2D eigenvalue weighted by Crippen LogP contribution is 2.19. The van der Waals surface area contributed by atoms with E-state index in [1.807, 2.05) is 30.3 Å². The average molecular weight is 386 g/mol. The molecule has 0 aromatic heterocycles. The van der Waals surface area contributed by atoms with Gasteiger partial charge >= 0.3 is 6.18 Å². The molecule has 152 valence electrons. The van der Waals surface area contributed by atoms with Gasteiger partial charge in [0.2, 0.25) is 0 Å². The first-order chi connectivity index (χ1) is 12.9. The van der Waals surface area contributed by atoms with Crippen LogP contribution in [0.4, 0.5) is 13.2 Å². The number of nitrogens with one attached hydrogen (secondary N) is 2. The number of ether oxygens (including phenoxy) is 1. The van der Waals surface area contributed by atoms with Gasteiger partial charge in [-0.3, -0.25) is 9.89 Å². The smallest absolute Gasteiger partial charge is 0.376 e. The van der Waals surface area contributed by atoms with Gasteiger partial charge in [-0.1, -0.05) is 37.3 Å². The molecule has 8 heteroatoms. The molecule has 0 radical (unpaired) electrons. The van der Waals surface area contributed by atoms with Gasteiger partial charge in [-0.25, -0.2) is 0 Å². The van der Waals surface area contributed by atoms with Crippen molar-refractivity contribution in [1.29, 1.82) is 0 Å². The van der Waals surface area contributed by atoms with E-state index in [1.54, 1.807) is 7.05 Å². The van der Waals surface area contributed by atoms with E-state index in [4.69, 9.17) is 4.74 Å². The minimum Gasteiger partial charge on any atom is -0.376 e. The van der Waals surface area contributed by atoms with Crippen molar-refractivity contribution in [3.05, 3.63) is 35.9 Å². The van der Waals surface area contributed by atoms with E-state index >= 15 is 0 Å². The Kier molecular flexibility index (Phi) is 8.37. The molecule has 2 atom stereocenters. The summed E-state index contributed by atoms with van der Waals surface area (Å²) < 4.78 is 43.1. The minimum atomic E-state index is -4.15. The summed E-state index contributed by atoms with van der Waals surface area (Å²) >= 11 is 0. The molecule has 1 aliphatic rings. The van der Waals surface area contributed by atoms with Crippen molar-refractivity contribution in [3.8, 4) is 0 Å². The molecule has 1 saturated heterocycles. The SMILES string of the molecule is CN=C(NCC(C)COCc1ccccc1)NC1CCN(CC(F)(F)F)C1. The Morgan fingerprint density at radius 1 is 1.33 bits per heavy atom. The van der Waals surface area contributed by atoms with Crippen molar-refractivity contribution in [2.24, 2.45) is 10.9 Å². The Labute approximate surface area is 159 Å². The van der Waals surface area contributed by atoms with Gasteiger partial charge < -0.3 is 15.4 Å². The molecule has 1 aromatic rings. The van der Waals surface area contributed by atoms with Gasteiger partial charge in [0.1, 0.15) is 0 Å². The highest BCUT2D eigenvalue weighted by atomic mass is 19.4. The molecule has 5 nitrogen and oxygen atoms in total. The van der Waals surface area contributed by atoms with Gasteiger partial charge in [-0.2, -0.15) is 13.2 Å². The third kappa shape index (κ3) is 8.62. The van der Waals surface area contributed by atoms with Crippen LogP contribution < -0.4 is 10.6 Å². The molecular formula is C19H29F3N4O. The topological polar surface area (TPSA) is 48.9 Å². The molecule has 0 spiro atoms. The second-order valence-electron chi connectivity index (χ2n) is 7.04. The molecule has 0 aliphatic carbocycles. The van der Waals surface area contributed by atoms with Gasteiger partial charge in [-0.15, -0.1) is 0 Å². The fourth-order valence-corrected chi connectivity index (χ4v) is 3.02. The van der Waals surface area contributed by atoms with Crippen molar-refractivity contribution in [1.82, 2.24) is 15.5 Å². The van der Waals surface area contributed by atoms with Crippen LogP contribution in [0.2, 0.25) is 0 Å². The summed E-state index contributed by atoms with van der Waals surface area (Å²) in [6, 6.07) is 9.97. The molecule has 0 amide bonds. The van der Waals surface area contributed by atoms with Crippen LogP contribution in [0.3, 0.4) is 0 Å². The Bertz CT molecular complexity index is 580. The molecule has 2 N–H and O–H groups in total. The molecule has 1 heterocycles. The van der Waals surface area contributed by atoms with Crippen LogP contribution in [0.25, 0.3) is 0 Å². The minimum absolute atomic E-state index is 0.0248. The second kappa shape index (κ2) is 10.5. The maximum atomic E-state index is 12.5. The molecule has 0 bridgehead atoms. The van der Waals surface area contributed by atoms with Crippen LogP contribution in [0.1, 0.15) is 18.9 Å². The van der Waals surface area contributed by atoms with Crippen molar-refractivity contribution in [3.63, 3.8) is 0 Å². The van der Waals surface area contributed by atoms with Gasteiger partial charge in [0.05, 0.1) is 19.8 Å². The number of rotatable bonds is 8. The fraction of sp³-hybridized carbons (Fsp3) is 0.632. The zero-order chi connectivity index (χ0) is 19.7. The first-order valence-corrected chi connectivity index (χ1v) is 9.23. The van der Waals surface area contributed by atoms with Crippen LogP contribution >= 0.6 is 0 Å². The highest BCUT2D eigenvalue weighted by molar-refractivity contribution is 5.80. The summed E-state index contributed by atoms with van der Waals surface area (Å²) in [5.74, 6) is 0.890. The van der Waals surface area contributed by atoms with E-state index in [9.17, 15) is 13.2 Å². The average Bonchev–Trinajstić information content (AvgIpc) is 3.04. The third-order valence-corrected chi connectivity index (χ3v) is 4.37. The molecule has 2 rings (SSSR count). The lowest BCUT2D eigenvalue weighted by Crippen LogP contribution is -2.46. The van der Waals surface area contributed by atoms with E-state index in [0.29, 0.717) is 45.2 Å². The van der Waals surface area contributed by atoms with Crippen molar-refractivity contribution in [2.45, 2.75) is 32.2 Å². The molecule has 27 heavy (non-hydrogen) atoms. The largest absolute Gasteiger partial charge is 0.401 e. The van der Waals surface area contributed by atoms with Gasteiger partial charge in [-0.05, 0) is 17.9 Å². The molecule has 2 unspecified atom stereocenters. The zero-order valence-corrected chi connectivity index (χ0v) is 15.9. The number of nitrogens with zero attached hydrogens (tertiary/aromatic N) is 2. The van der Waals surface area contributed by atoms with Gasteiger partial charge in [0.25, 0.3) is 0 Å². The van der Waals surface area contributed by atoms with Crippen LogP contribution in [-0.2, 0) is 11.3 Å². The Hall–Kier alpha value is -1.80. The number of likely N-dealkylation sites (tertiary alicyclic amines) is 1. The second-order valence-corrected chi connectivity index (χ2v) is 7.04. The zero-order valence-electron chi connectivity index (χ0n) is 15.9.